The minimum Gasteiger partial charge on any atom is -0.377 e. The zero-order chi connectivity index (χ0) is 14.7. The molecule has 3 fully saturated rings. The van der Waals surface area contributed by atoms with Crippen molar-refractivity contribution >= 4 is 22.6 Å². The summed E-state index contributed by atoms with van der Waals surface area (Å²) in [6.45, 7) is 0. The molecule has 4 rings (SSSR count). The third kappa shape index (κ3) is 2.34. The molecule has 1 aromatic rings. The van der Waals surface area contributed by atoms with Crippen molar-refractivity contribution in [2.75, 3.05) is 0 Å². The van der Waals surface area contributed by atoms with Crippen LogP contribution in [0, 0.1) is 15.5 Å². The fraction of sp³-hybridized carbons (Fsp3) is 0.750. The summed E-state index contributed by atoms with van der Waals surface area (Å²) >= 11 is 1.80. The van der Waals surface area contributed by atoms with E-state index in [1.54, 1.807) is 22.6 Å². The maximum atomic E-state index is 13.8. The van der Waals surface area contributed by atoms with Gasteiger partial charge in [-0.05, 0) is 53.7 Å². The Bertz CT molecular complexity index is 512. The van der Waals surface area contributed by atoms with Crippen LogP contribution in [0.1, 0.15) is 37.2 Å². The molecular weight excluding hydrogens is 391 g/mol. The molecule has 0 aromatic carbocycles. The van der Waals surface area contributed by atoms with E-state index in [1.165, 1.54) is 10.8 Å². The van der Waals surface area contributed by atoms with Crippen LogP contribution in [0.3, 0.4) is 0 Å². The second kappa shape index (κ2) is 4.82. The van der Waals surface area contributed by atoms with Crippen molar-refractivity contribution in [1.29, 1.82) is 0 Å². The molecule has 0 aliphatic heterocycles. The van der Waals surface area contributed by atoms with E-state index < -0.39 is 24.3 Å². The van der Waals surface area contributed by atoms with Gasteiger partial charge in [-0.3, -0.25) is 0 Å². The van der Waals surface area contributed by atoms with Crippen molar-refractivity contribution < 1.29 is 22.7 Å². The third-order valence-electron chi connectivity index (χ3n) is 4.38. The van der Waals surface area contributed by atoms with Gasteiger partial charge in [0.25, 0.3) is 0 Å². The van der Waals surface area contributed by atoms with E-state index in [9.17, 15) is 22.7 Å². The van der Waals surface area contributed by atoms with Crippen molar-refractivity contribution in [2.24, 2.45) is 11.8 Å². The van der Waals surface area contributed by atoms with E-state index >= 15 is 0 Å². The number of aromatic nitrogens is 2. The number of rotatable bonds is 2. The summed E-state index contributed by atoms with van der Waals surface area (Å²) in [7, 11) is 0. The van der Waals surface area contributed by atoms with Crippen molar-refractivity contribution in [3.8, 4) is 0 Å². The molecule has 112 valence electrons. The Morgan fingerprint density at radius 3 is 2.50 bits per heavy atom. The summed E-state index contributed by atoms with van der Waals surface area (Å²) in [6, 6.07) is -0.335. The molecule has 8 heteroatoms. The molecule has 3 saturated carbocycles. The fourth-order valence-corrected chi connectivity index (χ4v) is 3.81. The SMILES string of the molecule is OC(c1nc(I)cn1C1CC(F)C2CC1C2)C(F)(F)F. The standard InChI is InChI=1S/C12H13F4IN2O/c13-7-3-8(6-1-5(7)2-6)19-4-9(17)18-11(19)10(20)12(14,15)16/h4-8,10,20H,1-3H2. The summed E-state index contributed by atoms with van der Waals surface area (Å²) in [5.41, 5.74) is 0. The second-order valence-electron chi connectivity index (χ2n) is 5.58. The van der Waals surface area contributed by atoms with Crippen LogP contribution in [0.25, 0.3) is 0 Å². The summed E-state index contributed by atoms with van der Waals surface area (Å²) < 4.78 is 53.6. The second-order valence-corrected chi connectivity index (χ2v) is 6.69. The minimum atomic E-state index is -4.77. The normalized spacial score (nSPS) is 34.7. The molecule has 3 aliphatic rings. The first kappa shape index (κ1) is 14.6. The van der Waals surface area contributed by atoms with Gasteiger partial charge < -0.3 is 9.67 Å². The Morgan fingerprint density at radius 1 is 1.30 bits per heavy atom. The summed E-state index contributed by atoms with van der Waals surface area (Å²) in [5, 5.41) is 9.44. The van der Waals surface area contributed by atoms with Crippen molar-refractivity contribution in [3.63, 3.8) is 0 Å². The van der Waals surface area contributed by atoms with E-state index in [0.717, 1.165) is 0 Å². The van der Waals surface area contributed by atoms with Crippen LogP contribution in [0.5, 0.6) is 0 Å². The number of hydrogen-bond donors (Lipinski definition) is 1. The smallest absolute Gasteiger partial charge is 0.377 e. The lowest BCUT2D eigenvalue weighted by molar-refractivity contribution is -0.210. The van der Waals surface area contributed by atoms with E-state index in [-0.39, 0.29) is 24.3 Å². The zero-order valence-electron chi connectivity index (χ0n) is 10.3. The van der Waals surface area contributed by atoms with Crippen molar-refractivity contribution in [1.82, 2.24) is 9.55 Å². The number of fused-ring (bicyclic) bond motifs is 2. The van der Waals surface area contributed by atoms with Crippen LogP contribution in [-0.2, 0) is 0 Å². The molecule has 1 aromatic heterocycles. The van der Waals surface area contributed by atoms with E-state index in [2.05, 4.69) is 4.98 Å². The molecule has 1 N–H and O–H groups in total. The largest absolute Gasteiger partial charge is 0.421 e. The van der Waals surface area contributed by atoms with Crippen LogP contribution in [0.15, 0.2) is 6.20 Å². The van der Waals surface area contributed by atoms with Gasteiger partial charge in [0.05, 0.1) is 0 Å². The average molecular weight is 404 g/mol. The van der Waals surface area contributed by atoms with Crippen LogP contribution < -0.4 is 0 Å². The lowest BCUT2D eigenvalue weighted by atomic mass is 9.61. The summed E-state index contributed by atoms with van der Waals surface area (Å²) in [5.74, 6) is -0.171. The highest BCUT2D eigenvalue weighted by Gasteiger charge is 2.49. The zero-order valence-corrected chi connectivity index (χ0v) is 12.5. The third-order valence-corrected chi connectivity index (χ3v) is 4.90. The number of imidazole rings is 1. The monoisotopic (exact) mass is 404 g/mol. The first-order chi connectivity index (χ1) is 9.27. The Kier molecular flexibility index (Phi) is 3.51. The van der Waals surface area contributed by atoms with Gasteiger partial charge in [-0.15, -0.1) is 0 Å². The molecule has 20 heavy (non-hydrogen) atoms. The number of alkyl halides is 4. The first-order valence-corrected chi connectivity index (χ1v) is 7.48. The maximum Gasteiger partial charge on any atom is 0.421 e. The topological polar surface area (TPSA) is 38.1 Å². The van der Waals surface area contributed by atoms with Crippen LogP contribution in [-0.4, -0.2) is 27.0 Å². The molecule has 2 bridgehead atoms. The highest BCUT2D eigenvalue weighted by atomic mass is 127. The molecule has 1 heterocycles. The number of halogens is 5. The van der Waals surface area contributed by atoms with Crippen molar-refractivity contribution in [2.45, 2.75) is 43.8 Å². The predicted molar refractivity (Wildman–Crippen MR) is 70.7 cm³/mol. The molecule has 3 aliphatic carbocycles. The Balaban J connectivity index is 1.93. The molecule has 0 radical (unpaired) electrons. The first-order valence-electron chi connectivity index (χ1n) is 6.40. The van der Waals surface area contributed by atoms with Crippen LogP contribution >= 0.6 is 22.6 Å². The Labute approximate surface area is 126 Å². The predicted octanol–water partition coefficient (Wildman–Crippen LogP) is 3.39. The van der Waals surface area contributed by atoms with Crippen molar-refractivity contribution in [3.05, 3.63) is 15.7 Å². The number of nitrogens with zero attached hydrogens (tertiary/aromatic N) is 2. The quantitative estimate of drug-likeness (QED) is 0.607. The molecule has 3 nitrogen and oxygen atoms in total. The van der Waals surface area contributed by atoms with E-state index in [0.29, 0.717) is 16.5 Å². The van der Waals surface area contributed by atoms with Gasteiger partial charge >= 0.3 is 6.18 Å². The van der Waals surface area contributed by atoms with Gasteiger partial charge in [-0.1, -0.05) is 0 Å². The molecule has 0 amide bonds. The van der Waals surface area contributed by atoms with Gasteiger partial charge in [0.15, 0.2) is 0 Å². The summed E-state index contributed by atoms with van der Waals surface area (Å²) in [4.78, 5) is 3.79. The van der Waals surface area contributed by atoms with E-state index in [4.69, 9.17) is 0 Å². The maximum absolute atomic E-state index is 13.8. The van der Waals surface area contributed by atoms with Gasteiger partial charge in [0.2, 0.25) is 6.10 Å². The molecule has 0 spiro atoms. The van der Waals surface area contributed by atoms with Gasteiger partial charge in [-0.2, -0.15) is 13.2 Å². The highest BCUT2D eigenvalue weighted by molar-refractivity contribution is 14.1. The highest BCUT2D eigenvalue weighted by Crippen LogP contribution is 2.53. The molecule has 3 atom stereocenters. The average Bonchev–Trinajstić information content (AvgIpc) is 2.66. The summed E-state index contributed by atoms with van der Waals surface area (Å²) in [6.07, 6.45) is -5.26. The Hall–Kier alpha value is -0.380. The lowest BCUT2D eigenvalue weighted by Crippen LogP contribution is -2.45. The number of hydrogen-bond acceptors (Lipinski definition) is 2. The molecule has 0 saturated heterocycles. The van der Waals surface area contributed by atoms with Gasteiger partial charge in [0.1, 0.15) is 15.7 Å². The lowest BCUT2D eigenvalue weighted by Gasteiger charge is -2.49. The van der Waals surface area contributed by atoms with Gasteiger partial charge in [-0.25, -0.2) is 9.37 Å². The van der Waals surface area contributed by atoms with E-state index in [1.807, 2.05) is 0 Å². The number of aliphatic hydroxyl groups is 1. The number of aliphatic hydroxyl groups excluding tert-OH is 1. The van der Waals surface area contributed by atoms with Crippen LogP contribution in [0.4, 0.5) is 17.6 Å². The molecular formula is C12H13F4IN2O. The van der Waals surface area contributed by atoms with Gasteiger partial charge in [0, 0.05) is 12.2 Å². The Morgan fingerprint density at radius 2 is 1.95 bits per heavy atom. The minimum absolute atomic E-state index is 0.0647. The fourth-order valence-electron chi connectivity index (χ4n) is 3.27. The molecule has 3 unspecified atom stereocenters. The van der Waals surface area contributed by atoms with Crippen LogP contribution in [0.2, 0.25) is 0 Å².